The van der Waals surface area contributed by atoms with Gasteiger partial charge in [0.1, 0.15) is 17.5 Å². The maximum atomic E-state index is 12.8. The molecule has 10 nitrogen and oxygen atoms in total. The van der Waals surface area contributed by atoms with Crippen molar-refractivity contribution in [1.29, 1.82) is 0 Å². The van der Waals surface area contributed by atoms with Crippen molar-refractivity contribution in [1.82, 2.24) is 4.98 Å². The van der Waals surface area contributed by atoms with E-state index in [9.17, 15) is 29.0 Å². The second kappa shape index (κ2) is 12.3. The summed E-state index contributed by atoms with van der Waals surface area (Å²) >= 11 is 0. The van der Waals surface area contributed by atoms with Crippen LogP contribution in [-0.4, -0.2) is 29.6 Å². The van der Waals surface area contributed by atoms with Crippen molar-refractivity contribution < 1.29 is 33.7 Å². The lowest BCUT2D eigenvalue weighted by molar-refractivity contribution is -0.301. The summed E-state index contributed by atoms with van der Waals surface area (Å²) in [6.07, 6.45) is 0.188. The molecule has 1 aromatic carbocycles. The summed E-state index contributed by atoms with van der Waals surface area (Å²) < 4.78 is 17.6. The van der Waals surface area contributed by atoms with Crippen LogP contribution < -0.4 is 26.6 Å². The number of carbonyl (C=O) groups excluding carboxylic acids is 3. The minimum Gasteiger partial charge on any atom is -0.545 e. The molecule has 30 heavy (non-hydrogen) atoms. The Labute approximate surface area is 171 Å². The summed E-state index contributed by atoms with van der Waals surface area (Å²) in [4.78, 5) is 34.3. The van der Waals surface area contributed by atoms with Gasteiger partial charge in [-0.1, -0.05) is 12.1 Å². The number of aliphatic carboxylic acids is 2. The molecule has 0 atom stereocenters. The highest BCUT2D eigenvalue weighted by Crippen LogP contribution is 2.19. The van der Waals surface area contributed by atoms with Crippen molar-refractivity contribution in [3.8, 4) is 0 Å². The molecule has 1 amide bonds. The number of pyridine rings is 1. The third-order valence-electron chi connectivity index (χ3n) is 3.18. The summed E-state index contributed by atoms with van der Waals surface area (Å²) in [5.41, 5.74) is 7.08. The predicted octanol–water partition coefficient (Wildman–Crippen LogP) is 0.0258. The van der Waals surface area contributed by atoms with E-state index in [-0.39, 0.29) is 18.2 Å². The Morgan fingerprint density at radius 1 is 1.10 bits per heavy atom. The van der Waals surface area contributed by atoms with E-state index in [1.807, 2.05) is 0 Å². The first-order chi connectivity index (χ1) is 14.2. The predicted molar refractivity (Wildman–Crippen MR) is 102 cm³/mol. The highest BCUT2D eigenvalue weighted by Gasteiger charge is 2.07. The van der Waals surface area contributed by atoms with Crippen molar-refractivity contribution >= 4 is 35.4 Å². The Morgan fingerprint density at radius 2 is 1.70 bits per heavy atom. The van der Waals surface area contributed by atoms with Crippen molar-refractivity contribution in [2.24, 2.45) is 0 Å². The number of amides is 1. The van der Waals surface area contributed by atoms with Crippen molar-refractivity contribution in [2.45, 2.75) is 13.5 Å². The monoisotopic (exact) mass is 418 g/mol. The fourth-order valence-corrected chi connectivity index (χ4v) is 1.89. The normalized spacial score (nSPS) is 9.93. The minimum atomic E-state index is -1.55. The van der Waals surface area contributed by atoms with Crippen LogP contribution in [0.3, 0.4) is 0 Å². The second-order valence-electron chi connectivity index (χ2n) is 5.43. The fraction of sp³-hybridized carbons (Fsp3) is 0.158. The number of nitrogens with one attached hydrogen (secondary N) is 2. The Kier molecular flexibility index (Phi) is 9.82. The Hall–Kier alpha value is -4.15. The summed E-state index contributed by atoms with van der Waals surface area (Å²) in [7, 11) is 0. The number of carbonyl (C=O) groups is 3. The van der Waals surface area contributed by atoms with Gasteiger partial charge in [-0.2, -0.15) is 0 Å². The first kappa shape index (κ1) is 23.9. The number of aromatic nitrogens is 1. The molecule has 0 aliphatic carbocycles. The first-order valence-corrected chi connectivity index (χ1v) is 8.50. The number of anilines is 3. The van der Waals surface area contributed by atoms with E-state index in [4.69, 9.17) is 10.5 Å². The average Bonchev–Trinajstić information content (AvgIpc) is 2.68. The van der Waals surface area contributed by atoms with Gasteiger partial charge in [0.25, 0.3) is 0 Å². The summed E-state index contributed by atoms with van der Waals surface area (Å²) in [6, 6.07) is 9.47. The highest BCUT2D eigenvalue weighted by atomic mass is 19.1. The average molecular weight is 418 g/mol. The Morgan fingerprint density at radius 3 is 2.20 bits per heavy atom. The number of hydrogen-bond acceptors (Lipinski definition) is 9. The zero-order chi connectivity index (χ0) is 22.5. The molecule has 0 unspecified atom stereocenters. The van der Waals surface area contributed by atoms with Gasteiger partial charge in [-0.25, -0.2) is 14.2 Å². The van der Waals surface area contributed by atoms with Crippen LogP contribution in [0.25, 0.3) is 0 Å². The lowest BCUT2D eigenvalue weighted by Crippen LogP contribution is -2.23. The number of rotatable bonds is 7. The number of carboxylic acid groups (broad SMARTS) is 2. The van der Waals surface area contributed by atoms with Crippen LogP contribution in [0.5, 0.6) is 0 Å². The quantitative estimate of drug-likeness (QED) is 0.525. The van der Waals surface area contributed by atoms with Gasteiger partial charge in [-0.3, -0.25) is 5.32 Å². The lowest BCUT2D eigenvalue weighted by atomic mass is 10.2. The molecule has 0 aliphatic rings. The van der Waals surface area contributed by atoms with Crippen LogP contribution in [0.1, 0.15) is 12.5 Å². The molecule has 0 saturated heterocycles. The molecule has 1 heterocycles. The maximum Gasteiger partial charge on any atom is 0.411 e. The summed E-state index contributed by atoms with van der Waals surface area (Å²) in [6.45, 7) is 2.47. The molecule has 160 valence electrons. The number of hydrogen-bond donors (Lipinski definition) is 3. The first-order valence-electron chi connectivity index (χ1n) is 8.50. The maximum absolute atomic E-state index is 12.8. The van der Waals surface area contributed by atoms with Crippen LogP contribution in [-0.2, 0) is 20.9 Å². The van der Waals surface area contributed by atoms with E-state index in [2.05, 4.69) is 15.6 Å². The molecule has 0 aliphatic heterocycles. The molecular formula is C19H19FN4O6-2. The van der Waals surface area contributed by atoms with E-state index in [1.54, 1.807) is 31.2 Å². The van der Waals surface area contributed by atoms with E-state index in [1.165, 1.54) is 12.1 Å². The van der Waals surface area contributed by atoms with Crippen LogP contribution in [0.2, 0.25) is 0 Å². The third-order valence-corrected chi connectivity index (χ3v) is 3.18. The molecule has 1 aromatic heterocycles. The number of halogens is 1. The molecule has 11 heteroatoms. The minimum absolute atomic E-state index is 0.178. The SMILES string of the molecule is CCOC(=O)Nc1ccc(NCc2ccc(F)cc2)nc1N.O=C([O-])/C=C\C(=O)[O-]. The number of nitrogens with zero attached hydrogens (tertiary/aromatic N) is 1. The van der Waals surface area contributed by atoms with E-state index in [0.29, 0.717) is 30.2 Å². The Balaban J connectivity index is 0.000000479. The van der Waals surface area contributed by atoms with Crippen LogP contribution >= 0.6 is 0 Å². The van der Waals surface area contributed by atoms with E-state index in [0.717, 1.165) is 5.56 Å². The largest absolute Gasteiger partial charge is 0.545 e. The third kappa shape index (κ3) is 9.69. The van der Waals surface area contributed by atoms with Gasteiger partial charge < -0.3 is 35.6 Å². The second-order valence-corrected chi connectivity index (χ2v) is 5.43. The van der Waals surface area contributed by atoms with Crippen molar-refractivity contribution in [3.05, 3.63) is 59.9 Å². The zero-order valence-corrected chi connectivity index (χ0v) is 15.9. The standard InChI is InChI=1S/C15H17FN4O2.C4H4O4/c1-2-22-15(21)19-12-7-8-13(20-14(12)17)18-9-10-3-5-11(16)6-4-10;5-3(6)1-2-4(7)8/h3-8H,2,9H2,1H3,(H,19,21)(H3,17,18,20);1-2H,(H,5,6)(H,7,8)/p-2/b;2-1-. The molecule has 2 rings (SSSR count). The number of carboxylic acids is 2. The summed E-state index contributed by atoms with van der Waals surface area (Å²) in [5.74, 6) is -2.64. The van der Waals surface area contributed by atoms with Gasteiger partial charge in [0.05, 0.1) is 24.2 Å². The molecular weight excluding hydrogens is 399 g/mol. The molecule has 0 bridgehead atoms. The van der Waals surface area contributed by atoms with Gasteiger partial charge in [0, 0.05) is 6.54 Å². The number of nitrogens with two attached hydrogens (primary N) is 1. The smallest absolute Gasteiger partial charge is 0.411 e. The molecule has 0 fully saturated rings. The van der Waals surface area contributed by atoms with E-state index < -0.39 is 18.0 Å². The van der Waals surface area contributed by atoms with Gasteiger partial charge in [0.15, 0.2) is 0 Å². The van der Waals surface area contributed by atoms with E-state index >= 15 is 0 Å². The number of ether oxygens (including phenoxy) is 1. The van der Waals surface area contributed by atoms with Gasteiger partial charge >= 0.3 is 6.09 Å². The number of nitrogen functional groups attached to an aromatic ring is 1. The molecule has 0 saturated carbocycles. The lowest BCUT2D eigenvalue weighted by Gasteiger charge is -2.10. The molecule has 0 radical (unpaired) electrons. The molecule has 4 N–H and O–H groups in total. The van der Waals surface area contributed by atoms with Crippen LogP contribution in [0, 0.1) is 5.82 Å². The van der Waals surface area contributed by atoms with Gasteiger partial charge in [-0.05, 0) is 48.9 Å². The van der Waals surface area contributed by atoms with Gasteiger partial charge in [-0.15, -0.1) is 0 Å². The number of benzene rings is 1. The van der Waals surface area contributed by atoms with Crippen molar-refractivity contribution in [2.75, 3.05) is 23.0 Å². The van der Waals surface area contributed by atoms with Gasteiger partial charge in [0.2, 0.25) is 0 Å². The Bertz CT molecular complexity index is 886. The summed E-state index contributed by atoms with van der Waals surface area (Å²) in [5, 5.41) is 24.4. The highest BCUT2D eigenvalue weighted by molar-refractivity contribution is 5.88. The molecule has 2 aromatic rings. The van der Waals surface area contributed by atoms with Crippen LogP contribution in [0.15, 0.2) is 48.6 Å². The topological polar surface area (TPSA) is 170 Å². The molecule has 0 spiro atoms. The van der Waals surface area contributed by atoms with Crippen LogP contribution in [0.4, 0.5) is 26.5 Å². The fourth-order valence-electron chi connectivity index (χ4n) is 1.89. The van der Waals surface area contributed by atoms with Crippen molar-refractivity contribution in [3.63, 3.8) is 0 Å². The zero-order valence-electron chi connectivity index (χ0n) is 15.9.